The van der Waals surface area contributed by atoms with Crippen LogP contribution in [0.5, 0.6) is 0 Å². The molecule has 1 aromatic heterocycles. The molecular formula is C26H36N6O2. The first-order valence-electron chi connectivity index (χ1n) is 12.5. The highest BCUT2D eigenvalue weighted by Gasteiger charge is 2.42. The van der Waals surface area contributed by atoms with E-state index in [-0.39, 0.29) is 11.9 Å². The number of aryl methyl sites for hydroxylation is 2. The lowest BCUT2D eigenvalue weighted by Crippen LogP contribution is -2.38. The van der Waals surface area contributed by atoms with Gasteiger partial charge in [0.25, 0.3) is 5.91 Å². The maximum Gasteiger partial charge on any atom is 0.257 e. The Morgan fingerprint density at radius 3 is 2.26 bits per heavy atom. The molecule has 1 aromatic carbocycles. The third kappa shape index (κ3) is 4.80. The van der Waals surface area contributed by atoms with E-state index in [1.165, 1.54) is 5.56 Å². The fourth-order valence-electron chi connectivity index (χ4n) is 5.70. The number of aromatic nitrogens is 2. The molecule has 8 nitrogen and oxygen atoms in total. The first kappa shape index (κ1) is 23.2. The molecule has 2 unspecified atom stereocenters. The van der Waals surface area contributed by atoms with E-state index in [9.17, 15) is 4.79 Å². The number of amides is 1. The minimum absolute atomic E-state index is 0.0751. The number of rotatable bonds is 6. The summed E-state index contributed by atoms with van der Waals surface area (Å²) in [5.41, 5.74) is 9.81. The molecule has 3 atom stereocenters. The fraction of sp³-hybridized carbons (Fsp3) is 0.577. The maximum atomic E-state index is 13.4. The van der Waals surface area contributed by atoms with Gasteiger partial charge < -0.3 is 25.2 Å². The van der Waals surface area contributed by atoms with Crippen LogP contribution in [-0.4, -0.2) is 84.7 Å². The highest BCUT2D eigenvalue weighted by molar-refractivity contribution is 5.96. The van der Waals surface area contributed by atoms with E-state index in [1.54, 1.807) is 0 Å². The van der Waals surface area contributed by atoms with Gasteiger partial charge >= 0.3 is 0 Å². The summed E-state index contributed by atoms with van der Waals surface area (Å²) in [7, 11) is 0. The van der Waals surface area contributed by atoms with Gasteiger partial charge in [-0.3, -0.25) is 4.79 Å². The molecular weight excluding hydrogens is 428 g/mol. The summed E-state index contributed by atoms with van der Waals surface area (Å²) in [6.45, 7) is 11.5. The van der Waals surface area contributed by atoms with Gasteiger partial charge in [0.1, 0.15) is 0 Å². The van der Waals surface area contributed by atoms with E-state index in [0.717, 1.165) is 63.6 Å². The van der Waals surface area contributed by atoms with Gasteiger partial charge in [-0.25, -0.2) is 9.97 Å². The summed E-state index contributed by atoms with van der Waals surface area (Å²) >= 11 is 0. The van der Waals surface area contributed by atoms with Crippen LogP contribution in [0.3, 0.4) is 0 Å². The summed E-state index contributed by atoms with van der Waals surface area (Å²) in [6.07, 6.45) is 0.956. The number of nitrogens with two attached hydrogens (primary N) is 1. The molecule has 5 rings (SSSR count). The number of morpholine rings is 1. The lowest BCUT2D eigenvalue weighted by atomic mass is 10.0. The van der Waals surface area contributed by atoms with E-state index in [4.69, 9.17) is 20.4 Å². The van der Waals surface area contributed by atoms with Crippen molar-refractivity contribution in [1.82, 2.24) is 19.8 Å². The Balaban J connectivity index is 1.17. The fourth-order valence-corrected chi connectivity index (χ4v) is 5.70. The van der Waals surface area contributed by atoms with Crippen LogP contribution in [0, 0.1) is 25.7 Å². The highest BCUT2D eigenvalue weighted by atomic mass is 16.5. The zero-order chi connectivity index (χ0) is 23.7. The van der Waals surface area contributed by atoms with E-state index in [0.29, 0.717) is 36.6 Å². The van der Waals surface area contributed by atoms with Crippen molar-refractivity contribution < 1.29 is 9.53 Å². The van der Waals surface area contributed by atoms with Crippen molar-refractivity contribution in [2.24, 2.45) is 17.6 Å². The van der Waals surface area contributed by atoms with Gasteiger partial charge in [0.15, 0.2) is 0 Å². The number of anilines is 1. The van der Waals surface area contributed by atoms with Crippen LogP contribution in [0.2, 0.25) is 0 Å². The molecule has 34 heavy (non-hydrogen) atoms. The topological polar surface area (TPSA) is 87.8 Å². The Kier molecular flexibility index (Phi) is 6.81. The second-order valence-electron chi connectivity index (χ2n) is 9.96. The molecule has 1 amide bonds. The quantitative estimate of drug-likeness (QED) is 0.700. The monoisotopic (exact) mass is 464 g/mol. The molecule has 3 saturated heterocycles. The van der Waals surface area contributed by atoms with Crippen molar-refractivity contribution in [1.29, 1.82) is 0 Å². The lowest BCUT2D eigenvalue weighted by Gasteiger charge is -2.28. The molecule has 0 saturated carbocycles. The van der Waals surface area contributed by atoms with Crippen molar-refractivity contribution in [3.8, 4) is 0 Å². The van der Waals surface area contributed by atoms with Gasteiger partial charge in [-0.1, -0.05) is 30.3 Å². The molecule has 182 valence electrons. The minimum Gasteiger partial charge on any atom is -0.378 e. The van der Waals surface area contributed by atoms with Gasteiger partial charge in [0.05, 0.1) is 30.2 Å². The maximum absolute atomic E-state index is 13.4. The summed E-state index contributed by atoms with van der Waals surface area (Å²) in [5, 5.41) is 0. The largest absolute Gasteiger partial charge is 0.378 e. The molecule has 0 bridgehead atoms. The van der Waals surface area contributed by atoms with Crippen LogP contribution in [0.15, 0.2) is 30.3 Å². The smallest absolute Gasteiger partial charge is 0.257 e. The molecule has 2 aromatic rings. The van der Waals surface area contributed by atoms with Crippen molar-refractivity contribution in [2.75, 3.05) is 63.9 Å². The number of ether oxygens (including phenoxy) is 1. The Morgan fingerprint density at radius 2 is 1.65 bits per heavy atom. The van der Waals surface area contributed by atoms with E-state index in [2.05, 4.69) is 21.9 Å². The number of nitrogens with zero attached hydrogens (tertiary/aromatic N) is 5. The van der Waals surface area contributed by atoms with Gasteiger partial charge in [0, 0.05) is 45.3 Å². The van der Waals surface area contributed by atoms with Crippen LogP contribution in [0.4, 0.5) is 5.95 Å². The average molecular weight is 465 g/mol. The van der Waals surface area contributed by atoms with Crippen LogP contribution in [0.25, 0.3) is 0 Å². The molecule has 8 heteroatoms. The number of likely N-dealkylation sites (tertiary alicyclic amines) is 2. The predicted octanol–water partition coefficient (Wildman–Crippen LogP) is 2.02. The summed E-state index contributed by atoms with van der Waals surface area (Å²) in [5.74, 6) is 1.85. The zero-order valence-electron chi connectivity index (χ0n) is 20.3. The van der Waals surface area contributed by atoms with E-state index < -0.39 is 0 Å². The van der Waals surface area contributed by atoms with Gasteiger partial charge in [-0.2, -0.15) is 0 Å². The molecule has 0 radical (unpaired) electrons. The molecule has 2 N–H and O–H groups in total. The van der Waals surface area contributed by atoms with Crippen molar-refractivity contribution >= 4 is 11.9 Å². The Hall–Kier alpha value is -2.55. The number of benzene rings is 1. The molecule has 0 spiro atoms. The molecule has 3 fully saturated rings. The Morgan fingerprint density at radius 1 is 1.03 bits per heavy atom. The number of hydrogen-bond acceptors (Lipinski definition) is 7. The Labute approximate surface area is 202 Å². The highest BCUT2D eigenvalue weighted by Crippen LogP contribution is 2.33. The molecule has 0 aliphatic carbocycles. The zero-order valence-corrected chi connectivity index (χ0v) is 20.3. The molecule has 3 aliphatic rings. The first-order valence-corrected chi connectivity index (χ1v) is 12.5. The number of carbonyl (C=O) groups is 1. The van der Waals surface area contributed by atoms with E-state index in [1.807, 2.05) is 36.9 Å². The summed E-state index contributed by atoms with van der Waals surface area (Å²) in [4.78, 5) is 29.5. The summed E-state index contributed by atoms with van der Waals surface area (Å²) < 4.78 is 5.43. The van der Waals surface area contributed by atoms with Crippen LogP contribution < -0.4 is 10.6 Å². The average Bonchev–Trinajstić information content (AvgIpc) is 3.42. The normalized spacial score (nSPS) is 23.9. The number of hydrogen-bond donors (Lipinski definition) is 1. The third-order valence-electron chi connectivity index (χ3n) is 7.60. The van der Waals surface area contributed by atoms with Crippen LogP contribution in [0.1, 0.15) is 39.8 Å². The van der Waals surface area contributed by atoms with Gasteiger partial charge in [-0.15, -0.1) is 0 Å². The van der Waals surface area contributed by atoms with Gasteiger partial charge in [0.2, 0.25) is 5.95 Å². The van der Waals surface area contributed by atoms with Crippen molar-refractivity contribution in [3.05, 3.63) is 52.8 Å². The second kappa shape index (κ2) is 9.98. The Bertz CT molecular complexity index is 973. The lowest BCUT2D eigenvalue weighted by molar-refractivity contribution is 0.0771. The van der Waals surface area contributed by atoms with Crippen LogP contribution >= 0.6 is 0 Å². The molecule has 4 heterocycles. The third-order valence-corrected chi connectivity index (χ3v) is 7.60. The minimum atomic E-state index is 0.0751. The van der Waals surface area contributed by atoms with Crippen molar-refractivity contribution in [3.63, 3.8) is 0 Å². The van der Waals surface area contributed by atoms with Crippen LogP contribution in [-0.2, 0) is 4.74 Å². The van der Waals surface area contributed by atoms with E-state index >= 15 is 0 Å². The summed E-state index contributed by atoms with van der Waals surface area (Å²) in [6, 6.07) is 10.4. The SMILES string of the molecule is Cc1nc(N2CCOCC2)nc(C)c1C(=O)N1CC2CN(CC[C@H](N)c3ccccc3)CC2C1. The standard InChI is InChI=1S/C26H36N6O2/c1-18-24(19(2)29-26(28-18)31-10-12-34-13-11-31)25(33)32-16-21-14-30(15-22(21)17-32)9-8-23(27)20-6-4-3-5-7-20/h3-7,21-23H,8-17,27H2,1-2H3/t21?,22?,23-/m0/s1. The van der Waals surface area contributed by atoms with Crippen molar-refractivity contribution in [2.45, 2.75) is 26.3 Å². The molecule has 3 aliphatic heterocycles. The second-order valence-corrected chi connectivity index (χ2v) is 9.96. The first-order chi connectivity index (χ1) is 16.5. The predicted molar refractivity (Wildman–Crippen MR) is 132 cm³/mol. The number of fused-ring (bicyclic) bond motifs is 1. The van der Waals surface area contributed by atoms with Gasteiger partial charge in [-0.05, 0) is 44.2 Å². The number of carbonyl (C=O) groups excluding carboxylic acids is 1.